The molecule has 1 N–H and O–H groups in total. The van der Waals surface area contributed by atoms with Gasteiger partial charge in [0.1, 0.15) is 17.0 Å². The minimum atomic E-state index is -0.902. The number of carbonyl (C=O) groups is 1. The number of halogens is 1. The number of hydrogen-bond acceptors (Lipinski definition) is 5. The summed E-state index contributed by atoms with van der Waals surface area (Å²) in [5.74, 6) is 0.178. The molecule has 6 nitrogen and oxygen atoms in total. The molecule has 3 rings (SSSR count). The number of fused-ring (bicyclic) bond motifs is 1. The molecule has 0 saturated carbocycles. The Morgan fingerprint density at radius 3 is 2.65 bits per heavy atom. The zero-order chi connectivity index (χ0) is 16.2. The predicted octanol–water partition coefficient (Wildman–Crippen LogP) is 4.13. The van der Waals surface area contributed by atoms with Crippen LogP contribution in [0.1, 0.15) is 6.42 Å². The molecule has 0 aliphatic carbocycles. The summed E-state index contributed by atoms with van der Waals surface area (Å²) in [6.07, 6.45) is 0.0609. The van der Waals surface area contributed by atoms with Crippen molar-refractivity contribution in [2.75, 3.05) is 6.61 Å². The van der Waals surface area contributed by atoms with E-state index in [9.17, 15) is 4.79 Å². The van der Waals surface area contributed by atoms with Crippen molar-refractivity contribution >= 4 is 28.7 Å². The average molecular weight is 334 g/mol. The van der Waals surface area contributed by atoms with Crippen LogP contribution >= 0.6 is 11.6 Å². The highest BCUT2D eigenvalue weighted by Gasteiger charge is 2.08. The topological polar surface area (TPSA) is 81.8 Å². The summed E-state index contributed by atoms with van der Waals surface area (Å²) >= 11 is 5.89. The van der Waals surface area contributed by atoms with Gasteiger partial charge in [-0.25, -0.2) is 0 Å². The lowest BCUT2D eigenvalue weighted by Crippen LogP contribution is -2.04. The monoisotopic (exact) mass is 333 g/mol. The first kappa shape index (κ1) is 15.2. The lowest BCUT2D eigenvalue weighted by Gasteiger charge is -2.05. The van der Waals surface area contributed by atoms with Crippen molar-refractivity contribution in [1.82, 2.24) is 4.98 Å². The third-order valence-electron chi connectivity index (χ3n) is 2.94. The van der Waals surface area contributed by atoms with E-state index in [1.165, 1.54) is 0 Å². The Morgan fingerprint density at radius 1 is 1.17 bits per heavy atom. The number of oxazole rings is 1. The molecular formula is C16H12ClNO5. The Labute approximate surface area is 136 Å². The van der Waals surface area contributed by atoms with Crippen LogP contribution in [0.15, 0.2) is 46.9 Å². The van der Waals surface area contributed by atoms with Gasteiger partial charge in [0.25, 0.3) is 0 Å². The summed E-state index contributed by atoms with van der Waals surface area (Å²) in [6.45, 7) is 0.113. The van der Waals surface area contributed by atoms with E-state index in [1.54, 1.807) is 42.5 Å². The third-order valence-corrected chi connectivity index (χ3v) is 3.18. The molecule has 118 valence electrons. The summed E-state index contributed by atoms with van der Waals surface area (Å²) in [5.41, 5.74) is 1.19. The molecule has 23 heavy (non-hydrogen) atoms. The molecule has 0 fully saturated rings. The molecule has 0 bridgehead atoms. The van der Waals surface area contributed by atoms with Crippen LogP contribution in [0.5, 0.6) is 17.6 Å². The normalized spacial score (nSPS) is 10.7. The number of aliphatic carboxylic acids is 1. The van der Waals surface area contributed by atoms with E-state index in [4.69, 9.17) is 30.6 Å². The van der Waals surface area contributed by atoms with Crippen molar-refractivity contribution in [2.45, 2.75) is 6.42 Å². The predicted molar refractivity (Wildman–Crippen MR) is 83.3 cm³/mol. The lowest BCUT2D eigenvalue weighted by atomic mass is 10.3. The highest BCUT2D eigenvalue weighted by Crippen LogP contribution is 2.28. The zero-order valence-electron chi connectivity index (χ0n) is 11.9. The fourth-order valence-electron chi connectivity index (χ4n) is 1.88. The minimum Gasteiger partial charge on any atom is -0.493 e. The molecule has 0 aliphatic rings. The SMILES string of the molecule is O=C(O)CCOc1ccc(Oc2nc3ccc(Cl)cc3o2)cc1. The molecule has 3 aromatic rings. The van der Waals surface area contributed by atoms with Gasteiger partial charge in [0.15, 0.2) is 5.58 Å². The quantitative estimate of drug-likeness (QED) is 0.730. The summed E-state index contributed by atoms with van der Waals surface area (Å²) in [7, 11) is 0. The van der Waals surface area contributed by atoms with Crippen LogP contribution in [0.2, 0.25) is 5.02 Å². The van der Waals surface area contributed by atoms with E-state index < -0.39 is 5.97 Å². The summed E-state index contributed by atoms with van der Waals surface area (Å²) < 4.78 is 16.3. The highest BCUT2D eigenvalue weighted by molar-refractivity contribution is 6.31. The van der Waals surface area contributed by atoms with Gasteiger partial charge in [-0.3, -0.25) is 4.79 Å². The van der Waals surface area contributed by atoms with Crippen LogP contribution in [0.4, 0.5) is 0 Å². The molecule has 0 atom stereocenters. The van der Waals surface area contributed by atoms with Crippen LogP contribution in [0.25, 0.3) is 11.1 Å². The van der Waals surface area contributed by atoms with E-state index in [0.717, 1.165) is 0 Å². The Bertz CT molecular complexity index is 828. The molecule has 0 unspecified atom stereocenters. The number of nitrogens with zero attached hydrogens (tertiary/aromatic N) is 1. The van der Waals surface area contributed by atoms with Crippen LogP contribution in [-0.2, 0) is 4.79 Å². The second kappa shape index (κ2) is 6.58. The van der Waals surface area contributed by atoms with E-state index in [2.05, 4.69) is 4.98 Å². The standard InChI is InChI=1S/C16H12ClNO5/c17-10-1-6-13-14(9-10)23-16(18-13)22-12-4-2-11(3-5-12)21-8-7-15(19)20/h1-6,9H,7-8H2,(H,19,20). The van der Waals surface area contributed by atoms with Crippen molar-refractivity contribution in [3.8, 4) is 17.6 Å². The van der Waals surface area contributed by atoms with Gasteiger partial charge in [-0.1, -0.05) is 11.6 Å². The van der Waals surface area contributed by atoms with Crippen LogP contribution in [0, 0.1) is 0 Å². The first-order valence-electron chi connectivity index (χ1n) is 6.79. The van der Waals surface area contributed by atoms with Gasteiger partial charge in [0.05, 0.1) is 13.0 Å². The molecule has 0 radical (unpaired) electrons. The maximum Gasteiger partial charge on any atom is 0.400 e. The Balaban J connectivity index is 1.66. The maximum atomic E-state index is 10.4. The number of benzene rings is 2. The number of aromatic nitrogens is 1. The number of carboxylic acids is 1. The maximum absolute atomic E-state index is 10.4. The second-order valence-corrected chi connectivity index (χ2v) is 5.09. The molecule has 7 heteroatoms. The Morgan fingerprint density at radius 2 is 1.91 bits per heavy atom. The van der Waals surface area contributed by atoms with E-state index in [-0.39, 0.29) is 19.1 Å². The molecule has 0 spiro atoms. The van der Waals surface area contributed by atoms with Gasteiger partial charge in [-0.15, -0.1) is 0 Å². The molecule has 0 aliphatic heterocycles. The largest absolute Gasteiger partial charge is 0.493 e. The number of rotatable bonds is 6. The molecule has 2 aromatic carbocycles. The van der Waals surface area contributed by atoms with Gasteiger partial charge < -0.3 is 19.0 Å². The summed E-state index contributed by atoms with van der Waals surface area (Å²) in [5, 5.41) is 9.11. The molecule has 0 amide bonds. The smallest absolute Gasteiger partial charge is 0.400 e. The van der Waals surface area contributed by atoms with Crippen LogP contribution in [0.3, 0.4) is 0 Å². The van der Waals surface area contributed by atoms with Gasteiger partial charge in [-0.2, -0.15) is 4.98 Å². The van der Waals surface area contributed by atoms with Gasteiger partial charge >= 0.3 is 12.0 Å². The molecular weight excluding hydrogens is 322 g/mol. The lowest BCUT2D eigenvalue weighted by molar-refractivity contribution is -0.137. The third kappa shape index (κ3) is 3.92. The average Bonchev–Trinajstić information content (AvgIpc) is 2.90. The number of hydrogen-bond donors (Lipinski definition) is 1. The van der Waals surface area contributed by atoms with Crippen molar-refractivity contribution in [2.24, 2.45) is 0 Å². The van der Waals surface area contributed by atoms with Crippen molar-refractivity contribution < 1.29 is 23.8 Å². The van der Waals surface area contributed by atoms with Crippen molar-refractivity contribution in [3.63, 3.8) is 0 Å². The summed E-state index contributed by atoms with van der Waals surface area (Å²) in [4.78, 5) is 14.6. The zero-order valence-corrected chi connectivity index (χ0v) is 12.6. The molecule has 1 heterocycles. The Hall–Kier alpha value is -2.73. The number of carboxylic acid groups (broad SMARTS) is 1. The van der Waals surface area contributed by atoms with Crippen LogP contribution < -0.4 is 9.47 Å². The molecule has 0 saturated heterocycles. The van der Waals surface area contributed by atoms with Gasteiger partial charge in [0, 0.05) is 11.1 Å². The van der Waals surface area contributed by atoms with E-state index in [1.807, 2.05) is 0 Å². The van der Waals surface area contributed by atoms with Crippen molar-refractivity contribution in [1.29, 1.82) is 0 Å². The molecule has 1 aromatic heterocycles. The van der Waals surface area contributed by atoms with Crippen LogP contribution in [-0.4, -0.2) is 22.7 Å². The van der Waals surface area contributed by atoms with Gasteiger partial charge in [0.2, 0.25) is 0 Å². The Kier molecular flexibility index (Phi) is 4.34. The highest BCUT2D eigenvalue weighted by atomic mass is 35.5. The fraction of sp³-hybridized carbons (Fsp3) is 0.125. The minimum absolute atomic E-state index is 0.0519. The van der Waals surface area contributed by atoms with Gasteiger partial charge in [-0.05, 0) is 36.4 Å². The fourth-order valence-corrected chi connectivity index (χ4v) is 2.04. The van der Waals surface area contributed by atoms with E-state index in [0.29, 0.717) is 27.6 Å². The number of ether oxygens (including phenoxy) is 2. The van der Waals surface area contributed by atoms with Crippen molar-refractivity contribution in [3.05, 3.63) is 47.5 Å². The summed E-state index contributed by atoms with van der Waals surface area (Å²) in [6, 6.07) is 11.8. The second-order valence-electron chi connectivity index (χ2n) is 4.66. The first-order valence-corrected chi connectivity index (χ1v) is 7.16. The van der Waals surface area contributed by atoms with E-state index >= 15 is 0 Å². The first-order chi connectivity index (χ1) is 11.1.